The van der Waals surface area contributed by atoms with E-state index in [2.05, 4.69) is 6.92 Å². The number of benzene rings is 1. The van der Waals surface area contributed by atoms with Gasteiger partial charge in [-0.1, -0.05) is 31.3 Å². The molecule has 0 aliphatic carbocycles. The van der Waals surface area contributed by atoms with Gasteiger partial charge in [0.05, 0.1) is 28.3 Å². The fourth-order valence-electron chi connectivity index (χ4n) is 3.75. The maximum atomic E-state index is 13.6. The van der Waals surface area contributed by atoms with Gasteiger partial charge in [-0.2, -0.15) is 0 Å². The van der Waals surface area contributed by atoms with Crippen LogP contribution in [0.1, 0.15) is 107 Å². The number of aliphatic hydroxyl groups is 1. The van der Waals surface area contributed by atoms with Crippen molar-refractivity contribution in [2.24, 2.45) is 0 Å². The number of rotatable bonds is 9. The lowest BCUT2D eigenvalue weighted by atomic mass is 9.82. The lowest BCUT2D eigenvalue weighted by molar-refractivity contribution is -0.0893. The van der Waals surface area contributed by atoms with E-state index in [1.54, 1.807) is 20.9 Å². The second-order valence-corrected chi connectivity index (χ2v) is 13.2. The fourth-order valence-corrected chi connectivity index (χ4v) is 3.75. The van der Waals surface area contributed by atoms with Gasteiger partial charge in [-0.3, -0.25) is 0 Å². The molecule has 1 heterocycles. The summed E-state index contributed by atoms with van der Waals surface area (Å²) in [5, 5.41) is 10.5. The van der Waals surface area contributed by atoms with Gasteiger partial charge in [0.1, 0.15) is 17.0 Å². The Bertz CT molecular complexity index is 1150. The van der Waals surface area contributed by atoms with Gasteiger partial charge in [-0.05, 0) is 87.8 Å². The second-order valence-electron chi connectivity index (χ2n) is 13.2. The molecule has 0 aliphatic heterocycles. The maximum absolute atomic E-state index is 13.6. The molecular weight excluding hydrogens is 497 g/mol. The van der Waals surface area contributed by atoms with Crippen LogP contribution in [-0.4, -0.2) is 68.7 Å². The van der Waals surface area contributed by atoms with Gasteiger partial charge in [-0.15, -0.1) is 0 Å². The molecule has 2 rings (SSSR count). The van der Waals surface area contributed by atoms with Crippen LogP contribution in [0.3, 0.4) is 0 Å². The molecule has 39 heavy (non-hydrogen) atoms. The molecule has 0 fully saturated rings. The first-order valence-corrected chi connectivity index (χ1v) is 13.7. The third-order valence-corrected chi connectivity index (χ3v) is 6.67. The lowest BCUT2D eigenvalue weighted by Gasteiger charge is -2.37. The summed E-state index contributed by atoms with van der Waals surface area (Å²) < 4.78 is 19.0. The summed E-state index contributed by atoms with van der Waals surface area (Å²) in [5.74, 6) is 0.413. The van der Waals surface area contributed by atoms with E-state index in [-0.39, 0.29) is 7.48 Å². The third-order valence-electron chi connectivity index (χ3n) is 6.67. The van der Waals surface area contributed by atoms with Gasteiger partial charge in [0.2, 0.25) is 0 Å². The predicted octanol–water partition coefficient (Wildman–Crippen LogP) is 5.46. The zero-order valence-electron chi connectivity index (χ0n) is 26.0. The molecule has 0 spiro atoms. The van der Waals surface area contributed by atoms with Crippen molar-refractivity contribution in [3.63, 3.8) is 0 Å². The molecule has 218 valence electrons. The normalized spacial score (nSPS) is 13.8. The second kappa shape index (κ2) is 11.9. The number of amides is 1. The van der Waals surface area contributed by atoms with Gasteiger partial charge < -0.3 is 24.1 Å². The van der Waals surface area contributed by atoms with E-state index in [9.17, 15) is 14.7 Å². The molecule has 2 aromatic rings. The molecule has 0 aliphatic rings. The van der Waals surface area contributed by atoms with Gasteiger partial charge in [0.25, 0.3) is 0 Å². The van der Waals surface area contributed by atoms with Crippen molar-refractivity contribution in [2.75, 3.05) is 7.05 Å². The smallest absolute Gasteiger partial charge is 0.420 e. The van der Waals surface area contributed by atoms with E-state index in [4.69, 9.17) is 19.1 Å². The number of carbonyl (C=O) groups excluding carboxylic acids is 2. The first kappa shape index (κ1) is 32.6. The van der Waals surface area contributed by atoms with Crippen molar-refractivity contribution < 1.29 is 28.8 Å². The summed E-state index contributed by atoms with van der Waals surface area (Å²) >= 11 is 0. The van der Waals surface area contributed by atoms with Crippen molar-refractivity contribution in [3.8, 4) is 0 Å². The minimum absolute atomic E-state index is 0.221. The molecule has 0 saturated carbocycles. The van der Waals surface area contributed by atoms with Gasteiger partial charge >= 0.3 is 19.7 Å². The molecule has 0 bridgehead atoms. The number of hydrogen-bond acceptors (Lipinski definition) is 7. The van der Waals surface area contributed by atoms with Crippen LogP contribution in [-0.2, 0) is 14.1 Å². The first-order valence-electron chi connectivity index (χ1n) is 13.7. The molecule has 1 amide bonds. The minimum atomic E-state index is -1.05. The van der Waals surface area contributed by atoms with Crippen LogP contribution in [0, 0.1) is 0 Å². The lowest BCUT2D eigenvalue weighted by Crippen LogP contribution is -2.49. The molecule has 0 saturated heterocycles. The van der Waals surface area contributed by atoms with Crippen LogP contribution in [0.5, 0.6) is 0 Å². The Kier molecular flexibility index (Phi) is 9.94. The monoisotopic (exact) mass is 545 g/mol. The summed E-state index contributed by atoms with van der Waals surface area (Å²) in [6.45, 7) is 20.0. The topological polar surface area (TPSA) is 103 Å². The Morgan fingerprint density at radius 1 is 1.03 bits per heavy atom. The summed E-state index contributed by atoms with van der Waals surface area (Å²) in [4.78, 5) is 33.1. The largest absolute Gasteiger partial charge is 0.444 e. The number of imidazole rings is 1. The van der Waals surface area contributed by atoms with E-state index in [0.717, 1.165) is 18.3 Å². The molecule has 10 heteroatoms. The van der Waals surface area contributed by atoms with Crippen molar-refractivity contribution in [2.45, 2.75) is 124 Å². The highest BCUT2D eigenvalue weighted by molar-refractivity contribution is 6.47. The fraction of sp³-hybridized carbons (Fsp3) is 0.690. The number of hydrogen-bond donors (Lipinski definition) is 1. The van der Waals surface area contributed by atoms with Crippen molar-refractivity contribution in [1.29, 1.82) is 0 Å². The molecular formula is C29H48BN3O6. The number of fused-ring (bicyclic) bond motifs is 1. The zero-order chi connectivity index (χ0) is 30.0. The SMILES string of the molecule is CCCC[C@@H](c1nc2ccc(BOC(C)(C)C(C)(C)O)cc2n1C(=O)OC(C)(C)C)N(C)C(=O)OC(C)(C)C. The Morgan fingerprint density at radius 3 is 2.13 bits per heavy atom. The summed E-state index contributed by atoms with van der Waals surface area (Å²) in [6, 6.07) is 5.05. The van der Waals surface area contributed by atoms with E-state index in [0.29, 0.717) is 23.3 Å². The third kappa shape index (κ3) is 8.70. The van der Waals surface area contributed by atoms with Crippen LogP contribution in [0.2, 0.25) is 0 Å². The first-order chi connectivity index (χ1) is 17.7. The Morgan fingerprint density at radius 2 is 1.62 bits per heavy atom. The molecule has 0 unspecified atom stereocenters. The average Bonchev–Trinajstić information content (AvgIpc) is 3.13. The van der Waals surface area contributed by atoms with Crippen molar-refractivity contribution >= 4 is 36.2 Å². The van der Waals surface area contributed by atoms with Gasteiger partial charge in [0.15, 0.2) is 0 Å². The predicted molar refractivity (Wildman–Crippen MR) is 156 cm³/mol. The molecule has 1 N–H and O–H groups in total. The molecule has 1 atom stereocenters. The number of ether oxygens (including phenoxy) is 2. The Balaban J connectivity index is 2.65. The Hall–Kier alpha value is -2.59. The highest BCUT2D eigenvalue weighted by atomic mass is 16.6. The van der Waals surface area contributed by atoms with Crippen LogP contribution in [0.15, 0.2) is 18.2 Å². The van der Waals surface area contributed by atoms with E-state index in [1.807, 2.05) is 73.6 Å². The van der Waals surface area contributed by atoms with Crippen LogP contribution >= 0.6 is 0 Å². The van der Waals surface area contributed by atoms with Gasteiger partial charge in [0, 0.05) is 7.05 Å². The van der Waals surface area contributed by atoms with E-state index < -0.39 is 40.6 Å². The molecule has 1 aromatic carbocycles. The average molecular weight is 546 g/mol. The van der Waals surface area contributed by atoms with E-state index in [1.165, 1.54) is 9.47 Å². The van der Waals surface area contributed by atoms with Crippen molar-refractivity contribution in [3.05, 3.63) is 24.0 Å². The quantitative estimate of drug-likeness (QED) is 0.418. The number of unbranched alkanes of at least 4 members (excludes halogenated alkanes) is 1. The van der Waals surface area contributed by atoms with Crippen LogP contribution in [0.25, 0.3) is 11.0 Å². The highest BCUT2D eigenvalue weighted by Gasteiger charge is 2.36. The standard InChI is InChI=1S/C29H48BN3O6/c1-13-14-15-21(32(12)24(34)37-26(2,3)4)23-31-20-17-16-19(30-39-29(10,11)28(8,9)36)18-22(20)33(23)25(35)38-27(5,6)7/h16-18,21,30,36H,13-15H2,1-12H3/t21-/m0/s1. The van der Waals surface area contributed by atoms with Crippen LogP contribution in [0.4, 0.5) is 9.59 Å². The van der Waals surface area contributed by atoms with Gasteiger partial charge in [-0.25, -0.2) is 19.1 Å². The summed E-state index contributed by atoms with van der Waals surface area (Å²) in [7, 11) is 1.89. The van der Waals surface area contributed by atoms with E-state index >= 15 is 0 Å². The molecule has 0 radical (unpaired) electrons. The summed E-state index contributed by atoms with van der Waals surface area (Å²) in [5.41, 5.74) is -1.31. The summed E-state index contributed by atoms with van der Waals surface area (Å²) in [6.07, 6.45) is 1.25. The Labute approximate surface area is 234 Å². The zero-order valence-corrected chi connectivity index (χ0v) is 26.0. The molecule has 1 aromatic heterocycles. The van der Waals surface area contributed by atoms with Crippen LogP contribution < -0.4 is 5.46 Å². The minimum Gasteiger partial charge on any atom is -0.444 e. The molecule has 9 nitrogen and oxygen atoms in total. The number of nitrogens with zero attached hydrogens (tertiary/aromatic N) is 3. The highest BCUT2D eigenvalue weighted by Crippen LogP contribution is 2.31. The van der Waals surface area contributed by atoms with Crippen molar-refractivity contribution in [1.82, 2.24) is 14.5 Å². The maximum Gasteiger partial charge on any atom is 0.420 e. The number of carbonyl (C=O) groups is 2. The number of aromatic nitrogens is 2.